The SMILES string of the molecule is C=C(Cl)C(O)C(C)(C)Oc1cccc(C(F)(F)F)c1. The molecule has 6 heteroatoms. The summed E-state index contributed by atoms with van der Waals surface area (Å²) in [5.41, 5.74) is -2.01. The van der Waals surface area contributed by atoms with Gasteiger partial charge in [-0.25, -0.2) is 0 Å². The molecule has 0 bridgehead atoms. The van der Waals surface area contributed by atoms with Crippen LogP contribution in [0.1, 0.15) is 19.4 Å². The summed E-state index contributed by atoms with van der Waals surface area (Å²) >= 11 is 5.58. The normalized spacial score (nSPS) is 14.1. The van der Waals surface area contributed by atoms with Crippen molar-refractivity contribution in [1.29, 1.82) is 0 Å². The Balaban J connectivity index is 2.97. The van der Waals surface area contributed by atoms with Gasteiger partial charge in [0, 0.05) is 5.03 Å². The fourth-order valence-electron chi connectivity index (χ4n) is 1.47. The van der Waals surface area contributed by atoms with Gasteiger partial charge in [0.1, 0.15) is 17.5 Å². The second-order valence-corrected chi connectivity index (χ2v) is 5.07. The van der Waals surface area contributed by atoms with Gasteiger partial charge in [-0.1, -0.05) is 24.2 Å². The molecule has 1 unspecified atom stereocenters. The van der Waals surface area contributed by atoms with E-state index >= 15 is 0 Å². The topological polar surface area (TPSA) is 29.5 Å². The van der Waals surface area contributed by atoms with Crippen molar-refractivity contribution in [2.45, 2.75) is 31.7 Å². The number of alkyl halides is 3. The predicted molar refractivity (Wildman–Crippen MR) is 67.2 cm³/mol. The van der Waals surface area contributed by atoms with Gasteiger partial charge in [0.2, 0.25) is 0 Å². The van der Waals surface area contributed by atoms with Crippen molar-refractivity contribution in [2.24, 2.45) is 0 Å². The van der Waals surface area contributed by atoms with Crippen LogP contribution in [0.3, 0.4) is 0 Å². The van der Waals surface area contributed by atoms with Crippen LogP contribution >= 0.6 is 11.6 Å². The van der Waals surface area contributed by atoms with Crippen molar-refractivity contribution < 1.29 is 23.0 Å². The van der Waals surface area contributed by atoms with Gasteiger partial charge in [0.05, 0.1) is 5.56 Å². The van der Waals surface area contributed by atoms with E-state index in [1.165, 1.54) is 26.0 Å². The van der Waals surface area contributed by atoms with E-state index in [0.717, 1.165) is 12.1 Å². The Bertz CT molecular complexity index is 469. The number of rotatable bonds is 4. The zero-order valence-electron chi connectivity index (χ0n) is 10.5. The molecule has 1 aromatic rings. The zero-order valence-corrected chi connectivity index (χ0v) is 11.2. The number of hydrogen-bond acceptors (Lipinski definition) is 2. The molecule has 2 nitrogen and oxygen atoms in total. The van der Waals surface area contributed by atoms with Crippen LogP contribution < -0.4 is 4.74 Å². The maximum Gasteiger partial charge on any atom is 0.416 e. The van der Waals surface area contributed by atoms with Crippen LogP contribution in [0.25, 0.3) is 0 Å². The van der Waals surface area contributed by atoms with Gasteiger partial charge in [0.15, 0.2) is 0 Å². The lowest BCUT2D eigenvalue weighted by Gasteiger charge is -2.31. The van der Waals surface area contributed by atoms with Crippen molar-refractivity contribution in [1.82, 2.24) is 0 Å². The van der Waals surface area contributed by atoms with Crippen LogP contribution in [0.4, 0.5) is 13.2 Å². The highest BCUT2D eigenvalue weighted by molar-refractivity contribution is 6.29. The van der Waals surface area contributed by atoms with Crippen LogP contribution in [0.5, 0.6) is 5.75 Å². The summed E-state index contributed by atoms with van der Waals surface area (Å²) in [6, 6.07) is 4.42. The fourth-order valence-corrected chi connectivity index (χ4v) is 1.74. The molecule has 0 radical (unpaired) electrons. The number of aliphatic hydroxyl groups is 1. The Morgan fingerprint density at radius 1 is 1.37 bits per heavy atom. The summed E-state index contributed by atoms with van der Waals surface area (Å²) in [4.78, 5) is 0. The summed E-state index contributed by atoms with van der Waals surface area (Å²) in [7, 11) is 0. The van der Waals surface area contributed by atoms with Gasteiger partial charge < -0.3 is 9.84 Å². The highest BCUT2D eigenvalue weighted by atomic mass is 35.5. The molecule has 1 rings (SSSR count). The third kappa shape index (κ3) is 4.14. The molecule has 106 valence electrons. The number of ether oxygens (including phenoxy) is 1. The highest BCUT2D eigenvalue weighted by Crippen LogP contribution is 2.33. The van der Waals surface area contributed by atoms with Crippen molar-refractivity contribution in [3.05, 3.63) is 41.4 Å². The van der Waals surface area contributed by atoms with Crippen LogP contribution in [0, 0.1) is 0 Å². The summed E-state index contributed by atoms with van der Waals surface area (Å²) in [6.07, 6.45) is -5.65. The van der Waals surface area contributed by atoms with Gasteiger partial charge in [-0.2, -0.15) is 13.2 Å². The lowest BCUT2D eigenvalue weighted by atomic mass is 10.0. The molecule has 0 heterocycles. The zero-order chi connectivity index (χ0) is 14.8. The highest BCUT2D eigenvalue weighted by Gasteiger charge is 2.34. The monoisotopic (exact) mass is 294 g/mol. The van der Waals surface area contributed by atoms with Crippen molar-refractivity contribution in [2.75, 3.05) is 0 Å². The van der Waals surface area contributed by atoms with Gasteiger partial charge in [-0.05, 0) is 32.0 Å². The third-order valence-electron chi connectivity index (χ3n) is 2.50. The van der Waals surface area contributed by atoms with Gasteiger partial charge in [0.25, 0.3) is 0 Å². The Labute approximate surface area is 114 Å². The minimum Gasteiger partial charge on any atom is -0.485 e. The molecule has 19 heavy (non-hydrogen) atoms. The second kappa shape index (κ2) is 5.43. The first kappa shape index (κ1) is 15.9. The summed E-state index contributed by atoms with van der Waals surface area (Å²) in [5, 5.41) is 9.72. The molecule has 0 saturated heterocycles. The maximum atomic E-state index is 12.5. The van der Waals surface area contributed by atoms with E-state index in [0.29, 0.717) is 0 Å². The minimum atomic E-state index is -4.45. The number of aliphatic hydroxyl groups excluding tert-OH is 1. The molecule has 0 aliphatic rings. The van der Waals surface area contributed by atoms with E-state index in [1.807, 2.05) is 0 Å². The molecule has 0 aliphatic carbocycles. The predicted octanol–water partition coefficient (Wildman–Crippen LogP) is 3.98. The standard InChI is InChI=1S/C13H14ClF3O2/c1-8(14)11(18)12(2,3)19-10-6-4-5-9(7-10)13(15,16)17/h4-7,11,18H,1H2,2-3H3. The quantitative estimate of drug-likeness (QED) is 0.910. The van der Waals surface area contributed by atoms with E-state index in [-0.39, 0.29) is 10.8 Å². The molecule has 1 N–H and O–H groups in total. The third-order valence-corrected chi connectivity index (χ3v) is 2.70. The molecule has 0 saturated carbocycles. The Morgan fingerprint density at radius 3 is 2.42 bits per heavy atom. The van der Waals surface area contributed by atoms with Crippen molar-refractivity contribution in [3.63, 3.8) is 0 Å². The van der Waals surface area contributed by atoms with E-state index < -0.39 is 23.4 Å². The molecule has 0 aromatic heterocycles. The smallest absolute Gasteiger partial charge is 0.416 e. The van der Waals surface area contributed by atoms with E-state index in [1.54, 1.807) is 0 Å². The molecule has 0 fully saturated rings. The molecule has 1 aromatic carbocycles. The van der Waals surface area contributed by atoms with Crippen LogP contribution in [-0.4, -0.2) is 16.8 Å². The van der Waals surface area contributed by atoms with Gasteiger partial charge in [-0.15, -0.1) is 0 Å². The van der Waals surface area contributed by atoms with Crippen molar-refractivity contribution >= 4 is 11.6 Å². The lowest BCUT2D eigenvalue weighted by Crippen LogP contribution is -2.42. The largest absolute Gasteiger partial charge is 0.485 e. The molecule has 0 aliphatic heterocycles. The average molecular weight is 295 g/mol. The van der Waals surface area contributed by atoms with E-state index in [4.69, 9.17) is 16.3 Å². The van der Waals surface area contributed by atoms with E-state index in [9.17, 15) is 18.3 Å². The number of hydrogen-bond donors (Lipinski definition) is 1. The van der Waals surface area contributed by atoms with Gasteiger partial charge in [-0.3, -0.25) is 0 Å². The lowest BCUT2D eigenvalue weighted by molar-refractivity contribution is -0.137. The molecule has 0 amide bonds. The summed E-state index contributed by atoms with van der Waals surface area (Å²) < 4.78 is 43.0. The first-order chi connectivity index (χ1) is 8.54. The first-order valence-corrected chi connectivity index (χ1v) is 5.80. The Hall–Kier alpha value is -1.20. The van der Waals surface area contributed by atoms with Gasteiger partial charge >= 0.3 is 6.18 Å². The van der Waals surface area contributed by atoms with Crippen LogP contribution in [-0.2, 0) is 6.18 Å². The first-order valence-electron chi connectivity index (χ1n) is 5.42. The molecule has 0 spiro atoms. The summed E-state index contributed by atoms with van der Waals surface area (Å²) in [6.45, 7) is 6.39. The molecular weight excluding hydrogens is 281 g/mol. The minimum absolute atomic E-state index is 0.00297. The average Bonchev–Trinajstić information content (AvgIpc) is 2.26. The Morgan fingerprint density at radius 2 is 1.95 bits per heavy atom. The van der Waals surface area contributed by atoms with Crippen LogP contribution in [0.15, 0.2) is 35.9 Å². The second-order valence-electron chi connectivity index (χ2n) is 4.58. The molecular formula is C13H14ClF3O2. The van der Waals surface area contributed by atoms with E-state index in [2.05, 4.69) is 6.58 Å². The fraction of sp³-hybridized carbons (Fsp3) is 0.385. The summed E-state index contributed by atoms with van der Waals surface area (Å²) in [5.74, 6) is -0.00297. The Kier molecular flexibility index (Phi) is 4.53. The van der Waals surface area contributed by atoms with Crippen molar-refractivity contribution in [3.8, 4) is 5.75 Å². The number of benzene rings is 1. The molecule has 1 atom stereocenters. The number of halogens is 4. The maximum absolute atomic E-state index is 12.5. The van der Waals surface area contributed by atoms with Crippen LogP contribution in [0.2, 0.25) is 0 Å².